The predicted octanol–water partition coefficient (Wildman–Crippen LogP) is 3.30. The highest BCUT2D eigenvalue weighted by Gasteiger charge is 2.69. The average molecular weight is 511 g/mol. The van der Waals surface area contributed by atoms with Gasteiger partial charge in [0.2, 0.25) is 11.8 Å². The number of fused-ring (bicyclic) bond motifs is 9. The number of thioether (sulfide) groups is 1. The molecule has 2 saturated carbocycles. The van der Waals surface area contributed by atoms with Gasteiger partial charge in [0.15, 0.2) is 0 Å². The summed E-state index contributed by atoms with van der Waals surface area (Å²) in [5, 5.41) is 10.8. The van der Waals surface area contributed by atoms with Crippen molar-refractivity contribution in [2.75, 3.05) is 6.54 Å². The molecule has 7 atom stereocenters. The zero-order valence-corrected chi connectivity index (χ0v) is 19.4. The molecule has 1 aromatic carbocycles. The van der Waals surface area contributed by atoms with E-state index in [0.29, 0.717) is 10.0 Å². The first-order valence-corrected chi connectivity index (χ1v) is 12.6. The molecule has 0 radical (unpaired) electrons. The molecule has 2 amide bonds. The number of thiazole rings is 1. The number of aliphatic carboxylic acids is 1. The van der Waals surface area contributed by atoms with E-state index in [1.165, 1.54) is 0 Å². The predicted molar refractivity (Wildman–Crippen MR) is 119 cm³/mol. The molecule has 7 nitrogen and oxygen atoms in total. The number of rotatable bonds is 3. The third-order valence-corrected chi connectivity index (χ3v) is 10.8. The van der Waals surface area contributed by atoms with Gasteiger partial charge in [-0.2, -0.15) is 0 Å². The minimum absolute atomic E-state index is 0.0114. The van der Waals surface area contributed by atoms with E-state index in [1.54, 1.807) is 17.8 Å². The molecule has 2 bridgehead atoms. The summed E-state index contributed by atoms with van der Waals surface area (Å²) in [5.41, 5.74) is 0.814. The lowest BCUT2D eigenvalue weighted by Gasteiger charge is -2.43. The maximum Gasteiger partial charge on any atom is 0.323 e. The number of nitrogens with one attached hydrogen (secondary N) is 1. The summed E-state index contributed by atoms with van der Waals surface area (Å²) >= 11 is 15.7. The zero-order chi connectivity index (χ0) is 22.5. The number of hydrogen-bond acceptors (Lipinski definition) is 6. The minimum Gasteiger partial charge on any atom is -0.480 e. The largest absolute Gasteiger partial charge is 0.480 e. The van der Waals surface area contributed by atoms with Gasteiger partial charge in [0.1, 0.15) is 6.54 Å². The first-order valence-electron chi connectivity index (χ1n) is 10.2. The van der Waals surface area contributed by atoms with E-state index in [9.17, 15) is 24.3 Å². The van der Waals surface area contributed by atoms with E-state index in [0.717, 1.165) is 38.1 Å². The van der Waals surface area contributed by atoms with Gasteiger partial charge in [-0.15, -0.1) is 11.8 Å². The van der Waals surface area contributed by atoms with Gasteiger partial charge >= 0.3 is 10.8 Å². The summed E-state index contributed by atoms with van der Waals surface area (Å²) in [6.45, 7) is -0.600. The van der Waals surface area contributed by atoms with Crippen LogP contribution in [0, 0.1) is 29.6 Å². The molecule has 1 saturated heterocycles. The number of nitrogens with zero attached hydrogens (tertiary/aromatic N) is 1. The zero-order valence-electron chi connectivity index (χ0n) is 16.3. The summed E-state index contributed by atoms with van der Waals surface area (Å²) in [6.07, 6.45) is 0.726. The molecule has 3 fully saturated rings. The molecule has 1 aromatic heterocycles. The Morgan fingerprint density at radius 3 is 2.59 bits per heavy atom. The second kappa shape index (κ2) is 7.09. The van der Waals surface area contributed by atoms with Gasteiger partial charge in [0.25, 0.3) is 0 Å². The number of carboxylic acids is 1. The highest BCUT2D eigenvalue weighted by atomic mass is 35.5. The topological polar surface area (TPSA) is 108 Å². The summed E-state index contributed by atoms with van der Waals surface area (Å²) < 4.78 is 0. The number of imide groups is 1. The average Bonchev–Trinajstić information content (AvgIpc) is 3.46. The van der Waals surface area contributed by atoms with Crippen LogP contribution in [0.2, 0.25) is 10.0 Å². The van der Waals surface area contributed by atoms with Gasteiger partial charge in [-0.05, 0) is 35.8 Å². The number of hydrogen-bond donors (Lipinski definition) is 2. The summed E-state index contributed by atoms with van der Waals surface area (Å²) in [6, 6.07) is 5.44. The van der Waals surface area contributed by atoms with Gasteiger partial charge in [-0.25, -0.2) is 0 Å². The SMILES string of the molecule is O=C(O)CN1C(=O)[C@@H]2[C@H]3C[C@@H]([C@@H]4Sc5[nH]c(=O)sc5[C@H](c5cccc(Cl)c5Cl)[C@@H]34)[C@H]2C1=O. The second-order valence-electron chi connectivity index (χ2n) is 8.76. The number of carboxylic acid groups (broad SMARTS) is 1. The van der Waals surface area contributed by atoms with E-state index in [4.69, 9.17) is 23.2 Å². The number of amides is 2. The maximum absolute atomic E-state index is 13.1. The van der Waals surface area contributed by atoms with Crippen LogP contribution in [0.3, 0.4) is 0 Å². The molecule has 6 rings (SSSR count). The van der Waals surface area contributed by atoms with E-state index in [2.05, 4.69) is 4.98 Å². The van der Waals surface area contributed by atoms with Crippen molar-refractivity contribution in [1.29, 1.82) is 0 Å². The van der Waals surface area contributed by atoms with Crippen LogP contribution < -0.4 is 4.87 Å². The highest BCUT2D eigenvalue weighted by Crippen LogP contribution is 2.68. The molecule has 3 heterocycles. The fourth-order valence-corrected chi connectivity index (χ4v) is 9.78. The molecule has 2 N–H and O–H groups in total. The van der Waals surface area contributed by atoms with Crippen molar-refractivity contribution in [2.24, 2.45) is 29.6 Å². The number of aromatic amines is 1. The number of aromatic nitrogens is 1. The Kier molecular flexibility index (Phi) is 4.60. The Balaban J connectivity index is 1.48. The quantitative estimate of drug-likeness (QED) is 0.613. The Hall–Kier alpha value is -1.81. The van der Waals surface area contributed by atoms with Gasteiger partial charge in [-0.3, -0.25) is 24.1 Å². The number of carbonyl (C=O) groups is 3. The lowest BCUT2D eigenvalue weighted by Crippen LogP contribution is -2.42. The van der Waals surface area contributed by atoms with Crippen LogP contribution in [0.25, 0.3) is 0 Å². The van der Waals surface area contributed by atoms with E-state index in [1.807, 2.05) is 12.1 Å². The summed E-state index contributed by atoms with van der Waals surface area (Å²) in [5.74, 6) is -3.38. The molecule has 2 aliphatic heterocycles. The standard InChI is InChI=1S/C21H16Cl2N2O5S2/c22-9-3-1-2-6(15(9)23)11-12-7-4-8(16(12)31-18-17(11)32-21(30)24-18)14-13(7)19(28)25(20(14)29)5-10(26)27/h1-3,7-8,11-14,16H,4-5H2,(H,24,30)(H,26,27)/t7-,8+,11+,12+,13+,14+,16-/m0/s1. The molecule has 166 valence electrons. The highest BCUT2D eigenvalue weighted by molar-refractivity contribution is 8.00. The van der Waals surface area contributed by atoms with Crippen molar-refractivity contribution in [2.45, 2.75) is 22.6 Å². The molecule has 0 spiro atoms. The lowest BCUT2D eigenvalue weighted by molar-refractivity contribution is -0.149. The molecule has 0 unspecified atom stereocenters. The van der Waals surface area contributed by atoms with E-state index < -0.39 is 24.3 Å². The Labute approximate surface area is 200 Å². The number of carbonyl (C=O) groups excluding carboxylic acids is 2. The van der Waals surface area contributed by atoms with E-state index >= 15 is 0 Å². The van der Waals surface area contributed by atoms with Crippen LogP contribution in [-0.2, 0) is 14.4 Å². The molecule has 32 heavy (non-hydrogen) atoms. The van der Waals surface area contributed by atoms with Crippen LogP contribution in [0.1, 0.15) is 22.8 Å². The first kappa shape index (κ1) is 20.8. The number of H-pyrrole nitrogens is 1. The fraction of sp³-hybridized carbons (Fsp3) is 0.429. The Morgan fingerprint density at radius 1 is 1.16 bits per heavy atom. The van der Waals surface area contributed by atoms with Crippen LogP contribution in [0.5, 0.6) is 0 Å². The van der Waals surface area contributed by atoms with Crippen LogP contribution >= 0.6 is 46.3 Å². The van der Waals surface area contributed by atoms with Crippen molar-refractivity contribution in [3.63, 3.8) is 0 Å². The van der Waals surface area contributed by atoms with Gasteiger partial charge in [-0.1, -0.05) is 46.7 Å². The summed E-state index contributed by atoms with van der Waals surface area (Å²) in [7, 11) is 0. The minimum atomic E-state index is -1.20. The van der Waals surface area contributed by atoms with Gasteiger partial charge in [0.05, 0.1) is 26.9 Å². The smallest absolute Gasteiger partial charge is 0.323 e. The Morgan fingerprint density at radius 2 is 1.88 bits per heavy atom. The molecule has 2 aliphatic carbocycles. The second-order valence-corrected chi connectivity index (χ2v) is 11.7. The summed E-state index contributed by atoms with van der Waals surface area (Å²) in [4.78, 5) is 54.2. The van der Waals surface area contributed by atoms with Crippen molar-refractivity contribution in [3.05, 3.63) is 48.4 Å². The monoisotopic (exact) mass is 510 g/mol. The first-order chi connectivity index (χ1) is 15.3. The normalized spacial score (nSPS) is 34.6. The van der Waals surface area contributed by atoms with Crippen LogP contribution in [-0.4, -0.2) is 44.6 Å². The lowest BCUT2D eigenvalue weighted by atomic mass is 9.68. The number of benzene rings is 1. The molecule has 2 aromatic rings. The third kappa shape index (κ3) is 2.68. The Bertz CT molecular complexity index is 1260. The van der Waals surface area contributed by atoms with Crippen molar-refractivity contribution in [3.8, 4) is 0 Å². The number of likely N-dealkylation sites (tertiary alicyclic amines) is 1. The molecule has 4 aliphatic rings. The molecule has 11 heteroatoms. The van der Waals surface area contributed by atoms with Crippen molar-refractivity contribution in [1.82, 2.24) is 9.88 Å². The van der Waals surface area contributed by atoms with Crippen molar-refractivity contribution >= 4 is 64.1 Å². The third-order valence-electron chi connectivity index (χ3n) is 7.43. The van der Waals surface area contributed by atoms with Crippen LogP contribution in [0.15, 0.2) is 28.0 Å². The fourth-order valence-electron chi connectivity index (χ4n) is 6.48. The van der Waals surface area contributed by atoms with Crippen molar-refractivity contribution < 1.29 is 19.5 Å². The molecular weight excluding hydrogens is 495 g/mol. The van der Waals surface area contributed by atoms with E-state index in [-0.39, 0.29) is 45.6 Å². The van der Waals surface area contributed by atoms with Gasteiger partial charge < -0.3 is 10.1 Å². The maximum atomic E-state index is 13.1. The van der Waals surface area contributed by atoms with Crippen LogP contribution in [0.4, 0.5) is 0 Å². The number of halogens is 2. The molecular formula is C21H16Cl2N2O5S2. The van der Waals surface area contributed by atoms with Gasteiger partial charge in [0, 0.05) is 16.0 Å².